The van der Waals surface area contributed by atoms with Crippen molar-refractivity contribution in [1.29, 1.82) is 0 Å². The summed E-state index contributed by atoms with van der Waals surface area (Å²) >= 11 is 0. The summed E-state index contributed by atoms with van der Waals surface area (Å²) in [5, 5.41) is 2.74. The predicted octanol–water partition coefficient (Wildman–Crippen LogP) is 4.17. The molecule has 2 aromatic rings. The van der Waals surface area contributed by atoms with E-state index in [2.05, 4.69) is 35.5 Å². The highest BCUT2D eigenvalue weighted by atomic mass is 16.1. The molecule has 2 aliphatic rings. The number of terminal acetylenes is 1. The molecule has 0 fully saturated rings. The van der Waals surface area contributed by atoms with E-state index >= 15 is 0 Å². The van der Waals surface area contributed by atoms with E-state index in [0.717, 1.165) is 0 Å². The van der Waals surface area contributed by atoms with Gasteiger partial charge in [-0.1, -0.05) is 54.5 Å². The van der Waals surface area contributed by atoms with Crippen LogP contribution in [0.15, 0.2) is 72.8 Å². The first-order chi connectivity index (χ1) is 11.7. The smallest absolute Gasteiger partial charge is 0.256 e. The van der Waals surface area contributed by atoms with Crippen LogP contribution in [-0.4, -0.2) is 5.91 Å². The van der Waals surface area contributed by atoms with Crippen LogP contribution in [0.1, 0.15) is 15.9 Å². The summed E-state index contributed by atoms with van der Waals surface area (Å²) < 4.78 is 0. The Morgan fingerprint density at radius 1 is 0.875 bits per heavy atom. The lowest BCUT2D eigenvalue weighted by Gasteiger charge is -2.10. The number of nitrogens with two attached hydrogens (primary N) is 1. The molecule has 3 heteroatoms. The van der Waals surface area contributed by atoms with Gasteiger partial charge in [0, 0.05) is 5.56 Å². The van der Waals surface area contributed by atoms with Crippen molar-refractivity contribution >= 4 is 17.3 Å². The normalized spacial score (nSPS) is 9.96. The molecule has 0 atom stereocenters. The monoisotopic (exact) mass is 312 g/mol. The van der Waals surface area contributed by atoms with Crippen molar-refractivity contribution in [2.75, 3.05) is 11.1 Å². The van der Waals surface area contributed by atoms with Gasteiger partial charge in [0.25, 0.3) is 5.91 Å². The largest absolute Gasteiger partial charge is 0.397 e. The van der Waals surface area contributed by atoms with E-state index < -0.39 is 0 Å². The minimum atomic E-state index is -0.263. The molecule has 0 saturated heterocycles. The number of benzene rings is 3. The molecule has 4 rings (SSSR count). The number of rotatable bonds is 2. The second kappa shape index (κ2) is 6.72. The molecule has 0 radical (unpaired) electrons. The number of hydrogen-bond donors (Lipinski definition) is 2. The number of carbonyl (C=O) groups excluding carboxylic acids is 1. The van der Waals surface area contributed by atoms with Crippen molar-refractivity contribution in [2.24, 2.45) is 0 Å². The zero-order valence-electron chi connectivity index (χ0n) is 13.0. The minimum Gasteiger partial charge on any atom is -0.397 e. The predicted molar refractivity (Wildman–Crippen MR) is 98.6 cm³/mol. The van der Waals surface area contributed by atoms with Gasteiger partial charge >= 0.3 is 0 Å². The topological polar surface area (TPSA) is 55.1 Å². The number of para-hydroxylation sites is 2. The molecule has 0 aliphatic heterocycles. The van der Waals surface area contributed by atoms with E-state index in [9.17, 15) is 4.79 Å². The highest BCUT2D eigenvalue weighted by molar-refractivity contribution is 6.07. The Labute approximate surface area is 141 Å². The van der Waals surface area contributed by atoms with E-state index in [1.54, 1.807) is 48.5 Å². The molecule has 2 aliphatic carbocycles. The first-order valence-electron chi connectivity index (χ1n) is 7.51. The maximum absolute atomic E-state index is 12.1. The average molecular weight is 312 g/mol. The van der Waals surface area contributed by atoms with Gasteiger partial charge in [0.2, 0.25) is 0 Å². The Morgan fingerprint density at radius 2 is 1.46 bits per heavy atom. The Hall–Kier alpha value is -3.51. The lowest BCUT2D eigenvalue weighted by molar-refractivity contribution is 0.102. The standard InChI is InChI=1S/C15H12N2O.C6H4/c1-2-11-7-3-4-8-12(11)15(18)17-14-10-6-5-9-13(14)16;1-2-6-4-3-5(1)6/h1,3-10H,16H2,(H,17,18);1-4H. The second-order valence-corrected chi connectivity index (χ2v) is 5.31. The van der Waals surface area contributed by atoms with Crippen LogP contribution in [0.4, 0.5) is 11.4 Å². The van der Waals surface area contributed by atoms with Crippen molar-refractivity contribution in [3.05, 3.63) is 83.9 Å². The molecule has 0 unspecified atom stereocenters. The third-order valence-electron chi connectivity index (χ3n) is 3.75. The fraction of sp³-hybridized carbons (Fsp3) is 0. The summed E-state index contributed by atoms with van der Waals surface area (Å²) in [6.45, 7) is 0. The van der Waals surface area contributed by atoms with Gasteiger partial charge in [-0.25, -0.2) is 0 Å². The van der Waals surface area contributed by atoms with Gasteiger partial charge in [-0.3, -0.25) is 4.79 Å². The van der Waals surface area contributed by atoms with Crippen LogP contribution in [0.25, 0.3) is 11.1 Å². The summed E-state index contributed by atoms with van der Waals surface area (Å²) in [7, 11) is 0. The molecule has 0 bridgehead atoms. The molecular formula is C21H16N2O. The molecule has 0 spiro atoms. The van der Waals surface area contributed by atoms with Crippen LogP contribution in [0.2, 0.25) is 0 Å². The summed E-state index contributed by atoms with van der Waals surface area (Å²) in [6, 6.07) is 22.5. The molecule has 2 aromatic carbocycles. The fourth-order valence-corrected chi connectivity index (χ4v) is 2.27. The molecule has 0 saturated carbocycles. The van der Waals surface area contributed by atoms with Crippen LogP contribution in [0, 0.1) is 12.3 Å². The lowest BCUT2D eigenvalue weighted by Crippen LogP contribution is -2.14. The minimum absolute atomic E-state index is 0.263. The second-order valence-electron chi connectivity index (χ2n) is 5.31. The van der Waals surface area contributed by atoms with Crippen molar-refractivity contribution in [3.8, 4) is 23.5 Å². The third kappa shape index (κ3) is 3.13. The van der Waals surface area contributed by atoms with Crippen LogP contribution in [-0.2, 0) is 0 Å². The van der Waals surface area contributed by atoms with Gasteiger partial charge < -0.3 is 11.1 Å². The van der Waals surface area contributed by atoms with E-state index in [1.807, 2.05) is 0 Å². The number of anilines is 2. The number of carbonyl (C=O) groups is 1. The van der Waals surface area contributed by atoms with Gasteiger partial charge in [0.1, 0.15) is 0 Å². The van der Waals surface area contributed by atoms with Crippen LogP contribution >= 0.6 is 0 Å². The van der Waals surface area contributed by atoms with E-state index in [0.29, 0.717) is 22.5 Å². The average Bonchev–Trinajstić information content (AvgIpc) is 2.60. The maximum Gasteiger partial charge on any atom is 0.256 e. The Kier molecular flexibility index (Phi) is 4.31. The summed E-state index contributed by atoms with van der Waals surface area (Å²) in [5.41, 5.74) is 10.7. The summed E-state index contributed by atoms with van der Waals surface area (Å²) in [4.78, 5) is 12.1. The molecule has 0 aromatic heterocycles. The first kappa shape index (κ1) is 15.4. The Balaban J connectivity index is 0.000000231. The molecule has 0 heterocycles. The molecule has 3 nitrogen and oxygen atoms in total. The molecule has 116 valence electrons. The molecular weight excluding hydrogens is 296 g/mol. The van der Waals surface area contributed by atoms with Crippen LogP contribution in [0.3, 0.4) is 0 Å². The molecule has 1 amide bonds. The van der Waals surface area contributed by atoms with Gasteiger partial charge in [0.05, 0.1) is 16.9 Å². The van der Waals surface area contributed by atoms with Crippen LogP contribution < -0.4 is 11.1 Å². The summed E-state index contributed by atoms with van der Waals surface area (Å²) in [5.74, 6) is 2.22. The van der Waals surface area contributed by atoms with Crippen molar-refractivity contribution in [2.45, 2.75) is 0 Å². The van der Waals surface area contributed by atoms with Crippen molar-refractivity contribution < 1.29 is 4.79 Å². The SMILES string of the molecule is C#Cc1ccccc1C(=O)Nc1ccccc1N.c1cc2ccc1-2. The van der Waals surface area contributed by atoms with Gasteiger partial charge in [-0.15, -0.1) is 6.42 Å². The van der Waals surface area contributed by atoms with Gasteiger partial charge in [0.15, 0.2) is 0 Å². The quantitative estimate of drug-likeness (QED) is 0.431. The van der Waals surface area contributed by atoms with E-state index in [4.69, 9.17) is 12.2 Å². The number of fused-ring (bicyclic) bond motifs is 1. The number of amides is 1. The number of nitrogen functional groups attached to an aromatic ring is 1. The summed E-state index contributed by atoms with van der Waals surface area (Å²) in [6.07, 6.45) is 5.36. The third-order valence-corrected chi connectivity index (χ3v) is 3.75. The first-order valence-corrected chi connectivity index (χ1v) is 7.51. The zero-order valence-corrected chi connectivity index (χ0v) is 13.0. The Bertz CT molecular complexity index is 900. The Morgan fingerprint density at radius 3 is 2.00 bits per heavy atom. The maximum atomic E-state index is 12.1. The highest BCUT2D eigenvalue weighted by Gasteiger charge is 2.10. The van der Waals surface area contributed by atoms with Crippen LogP contribution in [0.5, 0.6) is 0 Å². The van der Waals surface area contributed by atoms with E-state index in [1.165, 1.54) is 11.1 Å². The number of nitrogens with one attached hydrogen (secondary N) is 1. The number of hydrogen-bond acceptors (Lipinski definition) is 2. The lowest BCUT2D eigenvalue weighted by atomic mass is 9.95. The molecule has 3 N–H and O–H groups in total. The zero-order chi connectivity index (χ0) is 16.9. The van der Waals surface area contributed by atoms with E-state index in [-0.39, 0.29) is 5.91 Å². The van der Waals surface area contributed by atoms with Crippen molar-refractivity contribution in [3.63, 3.8) is 0 Å². The molecule has 24 heavy (non-hydrogen) atoms. The van der Waals surface area contributed by atoms with Crippen molar-refractivity contribution in [1.82, 2.24) is 0 Å². The highest BCUT2D eigenvalue weighted by Crippen LogP contribution is 2.29. The fourth-order valence-electron chi connectivity index (χ4n) is 2.27. The van der Waals surface area contributed by atoms with Gasteiger partial charge in [-0.2, -0.15) is 0 Å². The van der Waals surface area contributed by atoms with Gasteiger partial charge in [-0.05, 0) is 35.4 Å².